The summed E-state index contributed by atoms with van der Waals surface area (Å²) >= 11 is 0. The predicted molar refractivity (Wildman–Crippen MR) is 123 cm³/mol. The van der Waals surface area contributed by atoms with Gasteiger partial charge in [0.25, 0.3) is 15.9 Å². The highest BCUT2D eigenvalue weighted by Gasteiger charge is 2.17. The fourth-order valence-corrected chi connectivity index (χ4v) is 4.03. The highest BCUT2D eigenvalue weighted by atomic mass is 32.2. The van der Waals surface area contributed by atoms with Crippen LogP contribution in [0, 0.1) is 20.8 Å². The first-order valence-electron chi connectivity index (χ1n) is 9.89. The molecule has 3 rings (SSSR count). The Hall–Kier alpha value is -3.32. The molecule has 0 saturated carbocycles. The Bertz CT molecular complexity index is 1190. The number of rotatable bonds is 7. The zero-order chi connectivity index (χ0) is 22.6. The molecule has 3 aromatic rings. The van der Waals surface area contributed by atoms with E-state index in [2.05, 4.69) is 10.0 Å². The molecule has 1 atom stereocenters. The van der Waals surface area contributed by atoms with Gasteiger partial charge in [0.2, 0.25) is 0 Å². The van der Waals surface area contributed by atoms with E-state index in [4.69, 9.17) is 4.74 Å². The highest BCUT2D eigenvalue weighted by Crippen LogP contribution is 2.21. The molecule has 0 aliphatic rings. The molecule has 2 N–H and O–H groups in total. The second-order valence-electron chi connectivity index (χ2n) is 7.44. The maximum atomic E-state index is 12.6. The number of anilines is 2. The number of carbonyl (C=O) groups excluding carboxylic acids is 1. The van der Waals surface area contributed by atoms with Crippen molar-refractivity contribution in [2.75, 3.05) is 10.0 Å². The van der Waals surface area contributed by atoms with E-state index < -0.39 is 16.1 Å². The molecular formula is C24H26N2O4S. The van der Waals surface area contributed by atoms with Crippen LogP contribution in [0.5, 0.6) is 5.75 Å². The van der Waals surface area contributed by atoms with Gasteiger partial charge in [0.05, 0.1) is 10.6 Å². The van der Waals surface area contributed by atoms with Crippen molar-refractivity contribution < 1.29 is 17.9 Å². The van der Waals surface area contributed by atoms with Crippen molar-refractivity contribution in [2.24, 2.45) is 0 Å². The number of carbonyl (C=O) groups is 1. The molecule has 0 unspecified atom stereocenters. The summed E-state index contributed by atoms with van der Waals surface area (Å²) in [6, 6.07) is 18.8. The van der Waals surface area contributed by atoms with Gasteiger partial charge in [-0.3, -0.25) is 9.52 Å². The third-order valence-corrected chi connectivity index (χ3v) is 6.36. The number of ether oxygens (including phenoxy) is 1. The van der Waals surface area contributed by atoms with E-state index in [1.54, 1.807) is 31.2 Å². The summed E-state index contributed by atoms with van der Waals surface area (Å²) in [6.45, 7) is 7.49. The van der Waals surface area contributed by atoms with Gasteiger partial charge in [0.1, 0.15) is 5.75 Å². The van der Waals surface area contributed by atoms with Crippen LogP contribution in [0.15, 0.2) is 71.6 Å². The van der Waals surface area contributed by atoms with Crippen molar-refractivity contribution in [2.45, 2.75) is 38.7 Å². The molecule has 0 spiro atoms. The predicted octanol–water partition coefficient (Wildman–Crippen LogP) is 4.82. The Kier molecular flexibility index (Phi) is 6.65. The minimum absolute atomic E-state index is 0.105. The lowest BCUT2D eigenvalue weighted by molar-refractivity contribution is -0.122. The molecule has 0 aliphatic heterocycles. The van der Waals surface area contributed by atoms with Crippen LogP contribution in [0.3, 0.4) is 0 Å². The lowest BCUT2D eigenvalue weighted by atomic mass is 10.1. The number of hydrogen-bond acceptors (Lipinski definition) is 4. The fraction of sp³-hybridized carbons (Fsp3) is 0.208. The smallest absolute Gasteiger partial charge is 0.265 e. The molecule has 0 heterocycles. The monoisotopic (exact) mass is 438 g/mol. The zero-order valence-corrected chi connectivity index (χ0v) is 18.8. The molecule has 1 amide bonds. The summed E-state index contributed by atoms with van der Waals surface area (Å²) in [5.41, 5.74) is 4.07. The molecule has 0 bridgehead atoms. The number of sulfonamides is 1. The van der Waals surface area contributed by atoms with Gasteiger partial charge in [-0.05, 0) is 86.8 Å². The number of nitrogens with one attached hydrogen (secondary N) is 2. The van der Waals surface area contributed by atoms with E-state index in [0.717, 1.165) is 16.7 Å². The van der Waals surface area contributed by atoms with Gasteiger partial charge in [-0.1, -0.05) is 24.3 Å². The molecule has 31 heavy (non-hydrogen) atoms. The summed E-state index contributed by atoms with van der Waals surface area (Å²) in [6.07, 6.45) is -0.715. The molecule has 6 nitrogen and oxygen atoms in total. The highest BCUT2D eigenvalue weighted by molar-refractivity contribution is 7.92. The maximum Gasteiger partial charge on any atom is 0.265 e. The molecule has 0 aromatic heterocycles. The number of benzene rings is 3. The largest absolute Gasteiger partial charge is 0.481 e. The van der Waals surface area contributed by atoms with Crippen molar-refractivity contribution in [3.8, 4) is 5.75 Å². The second kappa shape index (κ2) is 9.22. The molecule has 0 radical (unpaired) electrons. The molecule has 3 aromatic carbocycles. The van der Waals surface area contributed by atoms with Crippen LogP contribution in [0.25, 0.3) is 0 Å². The molecule has 0 aliphatic carbocycles. The number of para-hydroxylation sites is 1. The standard InChI is InChI=1S/C24H26N2O4S/c1-16-9-12-21(15-18(16)3)30-19(4)24(27)25-20-10-13-22(14-11-20)31(28,29)26-23-8-6-5-7-17(23)2/h5-15,19,26H,1-4H3,(H,25,27)/t19-/m0/s1. The van der Waals surface area contributed by atoms with Crippen LogP contribution in [-0.2, 0) is 14.8 Å². The summed E-state index contributed by atoms with van der Waals surface area (Å²) in [5.74, 6) is 0.293. The van der Waals surface area contributed by atoms with Crippen LogP contribution < -0.4 is 14.8 Å². The number of amides is 1. The zero-order valence-electron chi connectivity index (χ0n) is 18.0. The quantitative estimate of drug-likeness (QED) is 0.554. The molecule has 0 saturated heterocycles. The Balaban J connectivity index is 1.64. The van der Waals surface area contributed by atoms with Crippen molar-refractivity contribution >= 4 is 27.3 Å². The first-order chi connectivity index (χ1) is 14.7. The van der Waals surface area contributed by atoms with E-state index >= 15 is 0 Å². The summed E-state index contributed by atoms with van der Waals surface area (Å²) < 4.78 is 33.6. The second-order valence-corrected chi connectivity index (χ2v) is 9.12. The van der Waals surface area contributed by atoms with E-state index in [0.29, 0.717) is 17.1 Å². The topological polar surface area (TPSA) is 84.5 Å². The average molecular weight is 439 g/mol. The molecule has 0 fully saturated rings. The minimum Gasteiger partial charge on any atom is -0.481 e. The number of aryl methyl sites for hydroxylation is 3. The lowest BCUT2D eigenvalue weighted by Crippen LogP contribution is -2.30. The number of hydrogen-bond donors (Lipinski definition) is 2. The SMILES string of the molecule is Cc1ccc(O[C@@H](C)C(=O)Nc2ccc(S(=O)(=O)Nc3ccccc3C)cc2)cc1C. The maximum absolute atomic E-state index is 12.6. The van der Waals surface area contributed by atoms with Gasteiger partial charge in [0, 0.05) is 5.69 Å². The normalized spacial score (nSPS) is 12.1. The Morgan fingerprint density at radius 2 is 1.55 bits per heavy atom. The lowest BCUT2D eigenvalue weighted by Gasteiger charge is -2.16. The third kappa shape index (κ3) is 5.64. The first kappa shape index (κ1) is 22.4. The molecule has 7 heteroatoms. The fourth-order valence-electron chi connectivity index (χ4n) is 2.90. The van der Waals surface area contributed by atoms with Crippen LogP contribution in [-0.4, -0.2) is 20.4 Å². The van der Waals surface area contributed by atoms with Crippen LogP contribution in [0.1, 0.15) is 23.6 Å². The summed E-state index contributed by atoms with van der Waals surface area (Å²) in [5, 5.41) is 2.75. The Labute approximate surface area is 183 Å². The minimum atomic E-state index is -3.73. The summed E-state index contributed by atoms with van der Waals surface area (Å²) in [7, 11) is -3.73. The van der Waals surface area contributed by atoms with Gasteiger partial charge in [-0.15, -0.1) is 0 Å². The van der Waals surface area contributed by atoms with E-state index in [-0.39, 0.29) is 10.8 Å². The van der Waals surface area contributed by atoms with Crippen LogP contribution >= 0.6 is 0 Å². The van der Waals surface area contributed by atoms with E-state index in [1.807, 2.05) is 51.1 Å². The van der Waals surface area contributed by atoms with Crippen molar-refractivity contribution in [1.29, 1.82) is 0 Å². The van der Waals surface area contributed by atoms with Crippen molar-refractivity contribution in [3.05, 3.63) is 83.4 Å². The first-order valence-corrected chi connectivity index (χ1v) is 11.4. The Morgan fingerprint density at radius 3 is 2.19 bits per heavy atom. The van der Waals surface area contributed by atoms with Crippen LogP contribution in [0.4, 0.5) is 11.4 Å². The van der Waals surface area contributed by atoms with E-state index in [1.165, 1.54) is 12.1 Å². The third-order valence-electron chi connectivity index (χ3n) is 4.98. The van der Waals surface area contributed by atoms with Gasteiger partial charge in [0.15, 0.2) is 6.10 Å². The Morgan fingerprint density at radius 1 is 0.871 bits per heavy atom. The van der Waals surface area contributed by atoms with Gasteiger partial charge in [-0.25, -0.2) is 8.42 Å². The van der Waals surface area contributed by atoms with Gasteiger partial charge in [-0.2, -0.15) is 0 Å². The van der Waals surface area contributed by atoms with E-state index in [9.17, 15) is 13.2 Å². The molecular weight excluding hydrogens is 412 g/mol. The van der Waals surface area contributed by atoms with Gasteiger partial charge < -0.3 is 10.1 Å². The van der Waals surface area contributed by atoms with Gasteiger partial charge >= 0.3 is 0 Å². The average Bonchev–Trinajstić information content (AvgIpc) is 2.72. The van der Waals surface area contributed by atoms with Crippen LogP contribution in [0.2, 0.25) is 0 Å². The summed E-state index contributed by atoms with van der Waals surface area (Å²) in [4.78, 5) is 12.6. The van der Waals surface area contributed by atoms with Crippen molar-refractivity contribution in [1.82, 2.24) is 0 Å². The molecule has 162 valence electrons. The van der Waals surface area contributed by atoms with Crippen molar-refractivity contribution in [3.63, 3.8) is 0 Å².